The first kappa shape index (κ1) is 11.1. The third-order valence-electron chi connectivity index (χ3n) is 4.21. The molecule has 86 valence electrons. The van der Waals surface area contributed by atoms with Gasteiger partial charge in [0.1, 0.15) is 5.78 Å². The van der Waals surface area contributed by atoms with Crippen molar-refractivity contribution in [1.82, 2.24) is 4.90 Å². The van der Waals surface area contributed by atoms with Crippen LogP contribution >= 0.6 is 0 Å². The van der Waals surface area contributed by atoms with E-state index in [0.717, 1.165) is 26.2 Å². The van der Waals surface area contributed by atoms with Crippen LogP contribution in [0.1, 0.15) is 33.6 Å². The third-order valence-corrected chi connectivity index (χ3v) is 4.21. The van der Waals surface area contributed by atoms with Gasteiger partial charge in [0, 0.05) is 37.1 Å². The average Bonchev–Trinajstić information content (AvgIpc) is 2.62. The molecular formula is C12H21NO2. The Morgan fingerprint density at radius 2 is 2.20 bits per heavy atom. The minimum Gasteiger partial charge on any atom is -0.379 e. The molecule has 0 saturated carbocycles. The number of hydrogen-bond acceptors (Lipinski definition) is 3. The molecule has 3 heteroatoms. The van der Waals surface area contributed by atoms with Gasteiger partial charge in [0.2, 0.25) is 0 Å². The zero-order chi connectivity index (χ0) is 11.1. The topological polar surface area (TPSA) is 29.5 Å². The van der Waals surface area contributed by atoms with Crippen LogP contribution in [0.5, 0.6) is 0 Å². The Bertz CT molecular complexity index is 258. The summed E-state index contributed by atoms with van der Waals surface area (Å²) in [4.78, 5) is 14.1. The second kappa shape index (κ2) is 3.87. The standard InChI is InChI=1S/C12H21NO2/c1-9-10(2)13(6-4-11(9)14)12(3)5-7-15-8-12/h9-10H,4-8H2,1-3H3. The number of ketones is 1. The summed E-state index contributed by atoms with van der Waals surface area (Å²) in [5.41, 5.74) is 0.161. The van der Waals surface area contributed by atoms with Crippen molar-refractivity contribution in [3.05, 3.63) is 0 Å². The molecule has 3 nitrogen and oxygen atoms in total. The quantitative estimate of drug-likeness (QED) is 0.657. The molecule has 2 saturated heterocycles. The van der Waals surface area contributed by atoms with Crippen LogP contribution in [-0.4, -0.2) is 42.0 Å². The summed E-state index contributed by atoms with van der Waals surface area (Å²) in [6.45, 7) is 9.08. The molecule has 0 aliphatic carbocycles. The fourth-order valence-electron chi connectivity index (χ4n) is 2.85. The molecule has 2 rings (SSSR count). The Morgan fingerprint density at radius 1 is 1.47 bits per heavy atom. The number of rotatable bonds is 1. The molecule has 0 bridgehead atoms. The van der Waals surface area contributed by atoms with Gasteiger partial charge in [-0.2, -0.15) is 0 Å². The molecule has 3 unspecified atom stereocenters. The summed E-state index contributed by atoms with van der Waals surface area (Å²) in [6, 6.07) is 0.359. The van der Waals surface area contributed by atoms with Crippen molar-refractivity contribution in [3.8, 4) is 0 Å². The molecule has 2 heterocycles. The molecule has 0 aromatic rings. The van der Waals surface area contributed by atoms with Gasteiger partial charge >= 0.3 is 0 Å². The summed E-state index contributed by atoms with van der Waals surface area (Å²) >= 11 is 0. The van der Waals surface area contributed by atoms with E-state index < -0.39 is 0 Å². The van der Waals surface area contributed by atoms with Crippen molar-refractivity contribution >= 4 is 5.78 Å². The summed E-state index contributed by atoms with van der Waals surface area (Å²) in [6.07, 6.45) is 1.80. The number of nitrogens with zero attached hydrogens (tertiary/aromatic N) is 1. The highest BCUT2D eigenvalue weighted by atomic mass is 16.5. The normalized spacial score (nSPS) is 43.5. The summed E-state index contributed by atoms with van der Waals surface area (Å²) < 4.78 is 5.50. The third kappa shape index (κ3) is 1.83. The largest absolute Gasteiger partial charge is 0.379 e. The number of piperidine rings is 1. The van der Waals surface area contributed by atoms with Crippen molar-refractivity contribution in [1.29, 1.82) is 0 Å². The number of ether oxygens (including phenoxy) is 1. The predicted octanol–water partition coefficient (Wildman–Crippen LogP) is 1.46. The highest BCUT2D eigenvalue weighted by molar-refractivity contribution is 5.82. The lowest BCUT2D eigenvalue weighted by atomic mass is 9.85. The highest BCUT2D eigenvalue weighted by Gasteiger charge is 2.43. The van der Waals surface area contributed by atoms with Crippen LogP contribution in [0.2, 0.25) is 0 Å². The Morgan fingerprint density at radius 3 is 2.80 bits per heavy atom. The van der Waals surface area contributed by atoms with Crippen LogP contribution in [0.25, 0.3) is 0 Å². The molecule has 0 N–H and O–H groups in total. The lowest BCUT2D eigenvalue weighted by Gasteiger charge is -2.46. The Kier molecular flexibility index (Phi) is 2.86. The molecule has 0 spiro atoms. The highest BCUT2D eigenvalue weighted by Crippen LogP contribution is 2.32. The zero-order valence-corrected chi connectivity index (χ0v) is 9.95. The van der Waals surface area contributed by atoms with Gasteiger partial charge in [-0.15, -0.1) is 0 Å². The van der Waals surface area contributed by atoms with Crippen molar-refractivity contribution in [2.45, 2.75) is 45.2 Å². The van der Waals surface area contributed by atoms with Gasteiger partial charge in [0.25, 0.3) is 0 Å². The van der Waals surface area contributed by atoms with E-state index in [1.165, 1.54) is 0 Å². The maximum absolute atomic E-state index is 11.6. The van der Waals surface area contributed by atoms with Crippen LogP contribution in [0.15, 0.2) is 0 Å². The maximum Gasteiger partial charge on any atom is 0.138 e. The number of carbonyl (C=O) groups excluding carboxylic acids is 1. The van der Waals surface area contributed by atoms with E-state index in [4.69, 9.17) is 4.74 Å². The molecule has 0 amide bonds. The fraction of sp³-hybridized carbons (Fsp3) is 0.917. The van der Waals surface area contributed by atoms with E-state index in [-0.39, 0.29) is 11.5 Å². The molecule has 2 fully saturated rings. The first-order valence-electron chi connectivity index (χ1n) is 5.92. The zero-order valence-electron chi connectivity index (χ0n) is 9.95. The number of hydrogen-bond donors (Lipinski definition) is 0. The number of likely N-dealkylation sites (tertiary alicyclic amines) is 1. The van der Waals surface area contributed by atoms with Gasteiger partial charge in [0.05, 0.1) is 6.61 Å². The second-order valence-corrected chi connectivity index (χ2v) is 5.24. The summed E-state index contributed by atoms with van der Waals surface area (Å²) in [5, 5.41) is 0. The fourth-order valence-corrected chi connectivity index (χ4v) is 2.85. The summed E-state index contributed by atoms with van der Waals surface area (Å²) in [7, 11) is 0. The van der Waals surface area contributed by atoms with E-state index in [1.54, 1.807) is 0 Å². The van der Waals surface area contributed by atoms with Gasteiger partial charge in [-0.1, -0.05) is 6.92 Å². The smallest absolute Gasteiger partial charge is 0.138 e. The maximum atomic E-state index is 11.6. The molecule has 0 aromatic carbocycles. The molecule has 2 aliphatic heterocycles. The van der Waals surface area contributed by atoms with Crippen molar-refractivity contribution in [2.24, 2.45) is 5.92 Å². The van der Waals surface area contributed by atoms with Crippen LogP contribution in [0.4, 0.5) is 0 Å². The molecular weight excluding hydrogens is 190 g/mol. The van der Waals surface area contributed by atoms with Crippen LogP contribution < -0.4 is 0 Å². The van der Waals surface area contributed by atoms with Crippen molar-refractivity contribution in [3.63, 3.8) is 0 Å². The Balaban J connectivity index is 2.12. The van der Waals surface area contributed by atoms with Crippen molar-refractivity contribution in [2.75, 3.05) is 19.8 Å². The number of Topliss-reactive ketones (excluding diaryl/α,β-unsaturated/α-hetero) is 1. The molecule has 15 heavy (non-hydrogen) atoms. The molecule has 3 atom stereocenters. The minimum absolute atomic E-state index is 0.161. The number of carbonyl (C=O) groups is 1. The van der Waals surface area contributed by atoms with E-state index >= 15 is 0 Å². The lowest BCUT2D eigenvalue weighted by molar-refractivity contribution is -0.130. The van der Waals surface area contributed by atoms with E-state index in [2.05, 4.69) is 25.7 Å². The monoisotopic (exact) mass is 211 g/mol. The average molecular weight is 211 g/mol. The van der Waals surface area contributed by atoms with Gasteiger partial charge < -0.3 is 4.74 Å². The van der Waals surface area contributed by atoms with Crippen LogP contribution in [0.3, 0.4) is 0 Å². The first-order chi connectivity index (χ1) is 7.04. The molecule has 0 radical (unpaired) electrons. The molecule has 2 aliphatic rings. The lowest BCUT2D eigenvalue weighted by Crippen LogP contribution is -2.57. The molecule has 0 aromatic heterocycles. The van der Waals surface area contributed by atoms with Crippen LogP contribution in [0, 0.1) is 5.92 Å². The first-order valence-corrected chi connectivity index (χ1v) is 5.92. The Labute approximate surface area is 91.8 Å². The Hall–Kier alpha value is -0.410. The van der Waals surface area contributed by atoms with E-state index in [0.29, 0.717) is 18.2 Å². The van der Waals surface area contributed by atoms with Crippen LogP contribution in [-0.2, 0) is 9.53 Å². The van der Waals surface area contributed by atoms with Crippen molar-refractivity contribution < 1.29 is 9.53 Å². The summed E-state index contributed by atoms with van der Waals surface area (Å²) in [5.74, 6) is 0.595. The predicted molar refractivity (Wildman–Crippen MR) is 58.8 cm³/mol. The second-order valence-electron chi connectivity index (χ2n) is 5.24. The van der Waals surface area contributed by atoms with Gasteiger partial charge in [-0.25, -0.2) is 0 Å². The van der Waals surface area contributed by atoms with E-state index in [9.17, 15) is 4.79 Å². The van der Waals surface area contributed by atoms with E-state index in [1.807, 2.05) is 0 Å². The van der Waals surface area contributed by atoms with Gasteiger partial charge in [-0.3, -0.25) is 9.69 Å². The van der Waals surface area contributed by atoms with Gasteiger partial charge in [-0.05, 0) is 20.3 Å². The van der Waals surface area contributed by atoms with Gasteiger partial charge in [0.15, 0.2) is 0 Å². The minimum atomic E-state index is 0.161. The SMILES string of the molecule is CC1C(=O)CCN(C2(C)CCOC2)C1C.